The van der Waals surface area contributed by atoms with Crippen LogP contribution in [0.25, 0.3) is 0 Å². The molecule has 0 bridgehead atoms. The van der Waals surface area contributed by atoms with Crippen molar-refractivity contribution in [1.29, 1.82) is 0 Å². The van der Waals surface area contributed by atoms with Crippen LogP contribution in [-0.4, -0.2) is 36.7 Å². The molecule has 0 aliphatic heterocycles. The predicted molar refractivity (Wildman–Crippen MR) is 92.0 cm³/mol. The van der Waals surface area contributed by atoms with E-state index < -0.39 is 10.0 Å². The Morgan fingerprint density at radius 2 is 1.79 bits per heavy atom. The molecule has 1 amide bonds. The number of likely N-dealkylation sites (N-methyl/N-ethyl adjacent to an activating group) is 1. The highest BCUT2D eigenvalue weighted by Gasteiger charge is 2.25. The summed E-state index contributed by atoms with van der Waals surface area (Å²) >= 11 is 5.78. The highest BCUT2D eigenvalue weighted by Crippen LogP contribution is 2.18. The van der Waals surface area contributed by atoms with Gasteiger partial charge in [-0.3, -0.25) is 9.78 Å². The van der Waals surface area contributed by atoms with Crippen LogP contribution < -0.4 is 5.32 Å². The van der Waals surface area contributed by atoms with Crippen molar-refractivity contribution < 1.29 is 13.2 Å². The van der Waals surface area contributed by atoms with E-state index in [1.807, 2.05) is 0 Å². The van der Waals surface area contributed by atoms with Gasteiger partial charge in [-0.15, -0.1) is 0 Å². The summed E-state index contributed by atoms with van der Waals surface area (Å²) in [5.74, 6) is -0.369. The Morgan fingerprint density at radius 3 is 2.38 bits per heavy atom. The molecule has 0 fully saturated rings. The summed E-state index contributed by atoms with van der Waals surface area (Å²) in [4.78, 5) is 16.1. The van der Waals surface area contributed by atoms with Crippen LogP contribution in [0.4, 0.5) is 0 Å². The predicted octanol–water partition coefficient (Wildman–Crippen LogP) is 2.06. The highest BCUT2D eigenvalue weighted by atomic mass is 35.5. The molecule has 2 rings (SSSR count). The summed E-state index contributed by atoms with van der Waals surface area (Å²) in [5.41, 5.74) is 0.891. The number of hydrogen-bond donors (Lipinski definition) is 1. The first-order valence-corrected chi connectivity index (χ1v) is 9.16. The second-order valence-corrected chi connectivity index (χ2v) is 7.39. The molecule has 128 valence electrons. The summed E-state index contributed by atoms with van der Waals surface area (Å²) in [5, 5.41) is 3.15. The number of amides is 1. The lowest BCUT2D eigenvalue weighted by atomic mass is 10.3. The van der Waals surface area contributed by atoms with Crippen molar-refractivity contribution in [3.8, 4) is 0 Å². The van der Waals surface area contributed by atoms with Crippen LogP contribution >= 0.6 is 11.6 Å². The Balaban J connectivity index is 2.02. The van der Waals surface area contributed by atoms with Gasteiger partial charge in [-0.05, 0) is 42.0 Å². The fourth-order valence-corrected chi connectivity index (χ4v) is 3.57. The average molecular weight is 368 g/mol. The van der Waals surface area contributed by atoms with Crippen molar-refractivity contribution in [3.63, 3.8) is 0 Å². The van der Waals surface area contributed by atoms with Gasteiger partial charge in [-0.1, -0.05) is 18.5 Å². The molecule has 0 atom stereocenters. The maximum Gasteiger partial charge on any atom is 0.243 e. The maximum atomic E-state index is 12.6. The molecule has 2 aromatic rings. The van der Waals surface area contributed by atoms with Crippen LogP contribution in [0.5, 0.6) is 0 Å². The second kappa shape index (κ2) is 8.23. The van der Waals surface area contributed by atoms with E-state index in [0.717, 1.165) is 9.87 Å². The fraction of sp³-hybridized carbons (Fsp3) is 0.250. The Labute approximate surface area is 146 Å². The lowest BCUT2D eigenvalue weighted by molar-refractivity contribution is -0.121. The molecule has 8 heteroatoms. The summed E-state index contributed by atoms with van der Waals surface area (Å²) in [6, 6.07) is 9.42. The largest absolute Gasteiger partial charge is 0.351 e. The Hall–Kier alpha value is -1.96. The van der Waals surface area contributed by atoms with Crippen LogP contribution in [0, 0.1) is 0 Å². The molecule has 1 aromatic carbocycles. The molecular formula is C16H18ClN3O3S. The number of carbonyl (C=O) groups is 1. The van der Waals surface area contributed by atoms with E-state index in [1.165, 1.54) is 24.3 Å². The first kappa shape index (κ1) is 18.4. The number of nitrogens with one attached hydrogen (secondary N) is 1. The van der Waals surface area contributed by atoms with E-state index in [9.17, 15) is 13.2 Å². The molecular weight excluding hydrogens is 350 g/mol. The minimum atomic E-state index is -3.74. The molecule has 0 saturated carbocycles. The molecule has 0 aliphatic rings. The SMILES string of the molecule is CCN(CC(=O)NCc1ccncc1)S(=O)(=O)c1ccc(Cl)cc1. The quantitative estimate of drug-likeness (QED) is 0.812. The van der Waals surface area contributed by atoms with E-state index in [4.69, 9.17) is 11.6 Å². The van der Waals surface area contributed by atoms with E-state index >= 15 is 0 Å². The van der Waals surface area contributed by atoms with E-state index in [0.29, 0.717) is 11.6 Å². The number of hydrogen-bond acceptors (Lipinski definition) is 4. The summed E-state index contributed by atoms with van der Waals surface area (Å²) in [6.45, 7) is 1.95. The van der Waals surface area contributed by atoms with Gasteiger partial charge in [-0.2, -0.15) is 4.31 Å². The van der Waals surface area contributed by atoms with Crippen LogP contribution in [0.2, 0.25) is 5.02 Å². The van der Waals surface area contributed by atoms with Crippen molar-refractivity contribution >= 4 is 27.5 Å². The standard InChI is InChI=1S/C16H18ClN3O3S/c1-2-20(24(22,23)15-5-3-14(17)4-6-15)12-16(21)19-11-13-7-9-18-10-8-13/h3-10H,2,11-12H2,1H3,(H,19,21). The third-order valence-corrected chi connectivity index (χ3v) is 5.55. The fourth-order valence-electron chi connectivity index (χ4n) is 2.04. The topological polar surface area (TPSA) is 79.4 Å². The number of rotatable bonds is 7. The maximum absolute atomic E-state index is 12.6. The monoisotopic (exact) mass is 367 g/mol. The van der Waals surface area contributed by atoms with Gasteiger partial charge in [-0.25, -0.2) is 8.42 Å². The van der Waals surface area contributed by atoms with Crippen molar-refractivity contribution in [1.82, 2.24) is 14.6 Å². The van der Waals surface area contributed by atoms with Crippen LogP contribution in [0.15, 0.2) is 53.7 Å². The van der Waals surface area contributed by atoms with Gasteiger partial charge in [0.25, 0.3) is 0 Å². The van der Waals surface area contributed by atoms with Crippen LogP contribution in [-0.2, 0) is 21.4 Å². The lowest BCUT2D eigenvalue weighted by Gasteiger charge is -2.20. The number of aromatic nitrogens is 1. The molecule has 0 saturated heterocycles. The van der Waals surface area contributed by atoms with Crippen molar-refractivity contribution in [2.45, 2.75) is 18.4 Å². The summed E-state index contributed by atoms with van der Waals surface area (Å²) in [7, 11) is -3.74. The van der Waals surface area contributed by atoms with Crippen molar-refractivity contribution in [2.75, 3.05) is 13.1 Å². The molecule has 6 nitrogen and oxygen atoms in total. The molecule has 1 aromatic heterocycles. The second-order valence-electron chi connectivity index (χ2n) is 5.02. The third-order valence-electron chi connectivity index (χ3n) is 3.36. The van der Waals surface area contributed by atoms with Gasteiger partial charge in [0.15, 0.2) is 0 Å². The molecule has 0 unspecified atom stereocenters. The number of halogens is 1. The average Bonchev–Trinajstić information content (AvgIpc) is 2.59. The van der Waals surface area contributed by atoms with Gasteiger partial charge in [0, 0.05) is 30.5 Å². The van der Waals surface area contributed by atoms with E-state index in [-0.39, 0.29) is 23.9 Å². The molecule has 24 heavy (non-hydrogen) atoms. The van der Waals surface area contributed by atoms with E-state index in [2.05, 4.69) is 10.3 Å². The summed E-state index contributed by atoms with van der Waals surface area (Å²) < 4.78 is 26.3. The minimum absolute atomic E-state index is 0.107. The third kappa shape index (κ3) is 4.77. The van der Waals surface area contributed by atoms with Crippen molar-refractivity contribution in [3.05, 3.63) is 59.4 Å². The zero-order valence-electron chi connectivity index (χ0n) is 13.1. The number of carbonyl (C=O) groups excluding carboxylic acids is 1. The Kier molecular flexibility index (Phi) is 6.30. The first-order chi connectivity index (χ1) is 11.4. The molecule has 0 spiro atoms. The Morgan fingerprint density at radius 1 is 1.17 bits per heavy atom. The van der Waals surface area contributed by atoms with Gasteiger partial charge in [0.1, 0.15) is 0 Å². The number of sulfonamides is 1. The lowest BCUT2D eigenvalue weighted by Crippen LogP contribution is -2.40. The first-order valence-electron chi connectivity index (χ1n) is 7.35. The number of pyridine rings is 1. The number of benzene rings is 1. The molecule has 0 aliphatic carbocycles. The normalized spacial score (nSPS) is 11.5. The number of nitrogens with zero attached hydrogens (tertiary/aromatic N) is 2. The van der Waals surface area contributed by atoms with Gasteiger partial charge < -0.3 is 5.32 Å². The molecule has 0 radical (unpaired) electrons. The van der Waals surface area contributed by atoms with Gasteiger partial charge >= 0.3 is 0 Å². The zero-order valence-corrected chi connectivity index (χ0v) is 14.7. The van der Waals surface area contributed by atoms with Gasteiger partial charge in [0.2, 0.25) is 15.9 Å². The minimum Gasteiger partial charge on any atom is -0.351 e. The summed E-state index contributed by atoms with van der Waals surface area (Å²) in [6.07, 6.45) is 3.26. The smallest absolute Gasteiger partial charge is 0.243 e. The van der Waals surface area contributed by atoms with Crippen molar-refractivity contribution in [2.24, 2.45) is 0 Å². The zero-order chi connectivity index (χ0) is 17.6. The molecule has 1 N–H and O–H groups in total. The molecule has 1 heterocycles. The van der Waals surface area contributed by atoms with Crippen LogP contribution in [0.3, 0.4) is 0 Å². The van der Waals surface area contributed by atoms with Gasteiger partial charge in [0.05, 0.1) is 11.4 Å². The highest BCUT2D eigenvalue weighted by molar-refractivity contribution is 7.89. The Bertz CT molecular complexity index is 780. The van der Waals surface area contributed by atoms with Crippen LogP contribution in [0.1, 0.15) is 12.5 Å². The van der Waals surface area contributed by atoms with E-state index in [1.54, 1.807) is 31.5 Å².